The van der Waals surface area contributed by atoms with Crippen molar-refractivity contribution in [2.75, 3.05) is 19.6 Å². The highest BCUT2D eigenvalue weighted by Gasteiger charge is 2.40. The number of Topliss-reactive ketones (excluding diaryl/α,β-unsaturated/α-hetero) is 1. The molecule has 0 aliphatic carbocycles. The van der Waals surface area contributed by atoms with Crippen LogP contribution in [0.3, 0.4) is 0 Å². The van der Waals surface area contributed by atoms with E-state index in [-0.39, 0.29) is 29.8 Å². The van der Waals surface area contributed by atoms with Crippen molar-refractivity contribution in [2.45, 2.75) is 6.04 Å². The van der Waals surface area contributed by atoms with Crippen LogP contribution in [0, 0.1) is 5.82 Å². The van der Waals surface area contributed by atoms with Crippen molar-refractivity contribution in [2.24, 2.45) is 4.99 Å². The van der Waals surface area contributed by atoms with E-state index >= 15 is 0 Å². The molecule has 22 heavy (non-hydrogen) atoms. The molecule has 0 aromatic heterocycles. The summed E-state index contributed by atoms with van der Waals surface area (Å²) in [7, 11) is 0. The normalized spacial score (nSPS) is 20.9. The molecule has 2 N–H and O–H groups in total. The van der Waals surface area contributed by atoms with Crippen LogP contribution < -0.4 is 10.6 Å². The zero-order valence-electron chi connectivity index (χ0n) is 11.5. The molecule has 2 heterocycles. The second-order valence-corrected chi connectivity index (χ2v) is 4.95. The Labute approximate surface area is 125 Å². The van der Waals surface area contributed by atoms with Crippen LogP contribution in [0.5, 0.6) is 0 Å². The lowest BCUT2D eigenvalue weighted by Crippen LogP contribution is -2.65. The van der Waals surface area contributed by atoms with Gasteiger partial charge in [0.2, 0.25) is 5.96 Å². The fraction of sp³-hybridized carbons (Fsp3) is 0.286. The van der Waals surface area contributed by atoms with Crippen LogP contribution >= 0.6 is 0 Å². The van der Waals surface area contributed by atoms with Crippen molar-refractivity contribution in [3.63, 3.8) is 0 Å². The van der Waals surface area contributed by atoms with Gasteiger partial charge in [-0.05, 0) is 24.3 Å². The smallest absolute Gasteiger partial charge is 0.257 e. The Balaban J connectivity index is 1.79. The molecule has 7 nitrogen and oxygen atoms in total. The summed E-state index contributed by atoms with van der Waals surface area (Å²) >= 11 is 0. The zero-order chi connectivity index (χ0) is 15.7. The summed E-state index contributed by atoms with van der Waals surface area (Å²) in [6, 6.07) is 4.10. The second kappa shape index (κ2) is 5.55. The monoisotopic (exact) mass is 304 g/mol. The van der Waals surface area contributed by atoms with Gasteiger partial charge in [0.1, 0.15) is 12.4 Å². The van der Waals surface area contributed by atoms with Crippen LogP contribution in [0.25, 0.3) is 0 Å². The fourth-order valence-electron chi connectivity index (χ4n) is 2.43. The maximum Gasteiger partial charge on any atom is 0.257 e. The van der Waals surface area contributed by atoms with E-state index in [4.69, 9.17) is 0 Å². The molecule has 2 aliphatic heterocycles. The van der Waals surface area contributed by atoms with Gasteiger partial charge < -0.3 is 10.2 Å². The Morgan fingerprint density at radius 3 is 2.77 bits per heavy atom. The average molecular weight is 304 g/mol. The van der Waals surface area contributed by atoms with Crippen molar-refractivity contribution >= 4 is 23.6 Å². The fourth-order valence-corrected chi connectivity index (χ4v) is 2.43. The first-order valence-electron chi connectivity index (χ1n) is 6.75. The third-order valence-electron chi connectivity index (χ3n) is 3.51. The Kier molecular flexibility index (Phi) is 3.58. The van der Waals surface area contributed by atoms with Gasteiger partial charge in [0, 0.05) is 18.7 Å². The molecule has 2 aliphatic rings. The second-order valence-electron chi connectivity index (χ2n) is 4.95. The van der Waals surface area contributed by atoms with Crippen LogP contribution in [-0.2, 0) is 9.59 Å². The molecular weight excluding hydrogens is 291 g/mol. The van der Waals surface area contributed by atoms with Crippen molar-refractivity contribution in [3.8, 4) is 0 Å². The lowest BCUT2D eigenvalue weighted by atomic mass is 10.1. The predicted molar refractivity (Wildman–Crippen MR) is 74.7 cm³/mol. The van der Waals surface area contributed by atoms with Gasteiger partial charge in [0.05, 0.1) is 0 Å². The van der Waals surface area contributed by atoms with E-state index in [0.29, 0.717) is 13.1 Å². The van der Waals surface area contributed by atoms with Gasteiger partial charge in [-0.2, -0.15) is 0 Å². The number of nitrogens with one attached hydrogen (secondary N) is 2. The minimum atomic E-state index is -0.949. The van der Waals surface area contributed by atoms with Crippen LogP contribution in [0.15, 0.2) is 29.3 Å². The Bertz CT molecular complexity index is 671. The minimum absolute atomic E-state index is 0.159. The number of carbonyl (C=O) groups is 3. The standard InChI is InChI=1S/C14H13FN4O3/c15-9-3-1-8(2-4-9)12(21)18-14-17-7-10(20)11-13(22)16-5-6-19(11)14/h1-4,11H,5-7H2,(H,16,22)(H,17,18,21)/t11-/m1/s1. The quantitative estimate of drug-likeness (QED) is 0.671. The molecule has 1 aromatic carbocycles. The Morgan fingerprint density at radius 1 is 1.32 bits per heavy atom. The predicted octanol–water partition coefficient (Wildman–Crippen LogP) is -0.705. The van der Waals surface area contributed by atoms with Crippen LogP contribution in [0.4, 0.5) is 4.39 Å². The zero-order valence-corrected chi connectivity index (χ0v) is 11.5. The molecule has 0 saturated carbocycles. The van der Waals surface area contributed by atoms with Crippen molar-refractivity contribution in [1.82, 2.24) is 15.5 Å². The van der Waals surface area contributed by atoms with Gasteiger partial charge in [0.25, 0.3) is 11.8 Å². The third kappa shape index (κ3) is 2.54. The first-order valence-corrected chi connectivity index (χ1v) is 6.75. The molecule has 1 fully saturated rings. The number of rotatable bonds is 1. The number of amides is 2. The van der Waals surface area contributed by atoms with E-state index in [1.54, 1.807) is 0 Å². The molecule has 1 saturated heterocycles. The summed E-state index contributed by atoms with van der Waals surface area (Å²) in [5, 5.41) is 5.19. The Morgan fingerprint density at radius 2 is 2.05 bits per heavy atom. The van der Waals surface area contributed by atoms with Crippen LogP contribution in [0.2, 0.25) is 0 Å². The number of piperazine rings is 1. The number of benzene rings is 1. The summed E-state index contributed by atoms with van der Waals surface area (Å²) in [5.74, 6) is -1.42. The average Bonchev–Trinajstić information content (AvgIpc) is 2.50. The highest BCUT2D eigenvalue weighted by molar-refractivity contribution is 6.14. The molecule has 3 rings (SSSR count). The first-order chi connectivity index (χ1) is 10.6. The van der Waals surface area contributed by atoms with E-state index in [1.807, 2.05) is 0 Å². The molecule has 8 heteroatoms. The van der Waals surface area contributed by atoms with Gasteiger partial charge in [0.15, 0.2) is 11.8 Å². The molecule has 1 atom stereocenters. The lowest BCUT2D eigenvalue weighted by molar-refractivity contribution is -0.135. The maximum atomic E-state index is 12.9. The summed E-state index contributed by atoms with van der Waals surface area (Å²) in [4.78, 5) is 41.2. The van der Waals surface area contributed by atoms with Crippen LogP contribution in [-0.4, -0.2) is 54.1 Å². The van der Waals surface area contributed by atoms with Gasteiger partial charge in [-0.3, -0.25) is 19.7 Å². The highest BCUT2D eigenvalue weighted by atomic mass is 19.1. The number of carbonyl (C=O) groups excluding carboxylic acids is 3. The summed E-state index contributed by atoms with van der Waals surface area (Å²) < 4.78 is 12.9. The molecule has 0 spiro atoms. The number of hydrogen-bond acceptors (Lipinski definition) is 5. The van der Waals surface area contributed by atoms with Crippen molar-refractivity contribution in [3.05, 3.63) is 35.6 Å². The topological polar surface area (TPSA) is 90.9 Å². The largest absolute Gasteiger partial charge is 0.352 e. The molecule has 0 radical (unpaired) electrons. The minimum Gasteiger partial charge on any atom is -0.352 e. The van der Waals surface area contributed by atoms with E-state index in [0.717, 1.165) is 0 Å². The maximum absolute atomic E-state index is 12.9. The number of halogens is 1. The first kappa shape index (κ1) is 14.2. The van der Waals surface area contributed by atoms with Crippen molar-refractivity contribution in [1.29, 1.82) is 0 Å². The SMILES string of the molecule is O=C(NC1=NCC(=O)[C@@H]2C(=O)NCCN12)c1ccc(F)cc1. The van der Waals surface area contributed by atoms with Gasteiger partial charge in [-0.25, -0.2) is 9.38 Å². The summed E-state index contributed by atoms with van der Waals surface area (Å²) in [5.41, 5.74) is 0.263. The molecule has 2 amide bonds. The van der Waals surface area contributed by atoms with E-state index in [2.05, 4.69) is 15.6 Å². The number of fused-ring (bicyclic) bond motifs is 1. The summed E-state index contributed by atoms with van der Waals surface area (Å²) in [6.07, 6.45) is 0. The summed E-state index contributed by atoms with van der Waals surface area (Å²) in [6.45, 7) is 0.590. The molecule has 114 valence electrons. The molecule has 0 unspecified atom stereocenters. The van der Waals surface area contributed by atoms with Crippen LogP contribution in [0.1, 0.15) is 10.4 Å². The van der Waals surface area contributed by atoms with Gasteiger partial charge >= 0.3 is 0 Å². The van der Waals surface area contributed by atoms with E-state index in [1.165, 1.54) is 29.2 Å². The molecule has 1 aromatic rings. The number of hydrogen-bond donors (Lipinski definition) is 2. The molecule has 0 bridgehead atoms. The Hall–Kier alpha value is -2.77. The van der Waals surface area contributed by atoms with E-state index in [9.17, 15) is 18.8 Å². The number of ketones is 1. The van der Waals surface area contributed by atoms with E-state index < -0.39 is 17.8 Å². The van der Waals surface area contributed by atoms with Gasteiger partial charge in [-0.15, -0.1) is 0 Å². The van der Waals surface area contributed by atoms with Crippen molar-refractivity contribution < 1.29 is 18.8 Å². The molecular formula is C14H13FN4O3. The number of aliphatic imine (C=N–C) groups is 1. The number of nitrogens with zero attached hydrogens (tertiary/aromatic N) is 2. The third-order valence-corrected chi connectivity index (χ3v) is 3.51. The van der Waals surface area contributed by atoms with Gasteiger partial charge in [-0.1, -0.05) is 0 Å². The highest BCUT2D eigenvalue weighted by Crippen LogP contribution is 2.12. The lowest BCUT2D eigenvalue weighted by Gasteiger charge is -2.38. The number of guanidine groups is 1.